The maximum absolute atomic E-state index is 11.9. The average molecular weight is 309 g/mol. The molecule has 5 heteroatoms. The molecule has 2 rings (SSSR count). The van der Waals surface area contributed by atoms with Crippen molar-refractivity contribution in [2.75, 3.05) is 0 Å². The van der Waals surface area contributed by atoms with Gasteiger partial charge < -0.3 is 9.84 Å². The first kappa shape index (κ1) is 12.8. The number of nitrogens with zero attached hydrogens (tertiary/aromatic N) is 1. The molecule has 1 amide bonds. The van der Waals surface area contributed by atoms with Crippen LogP contribution in [0, 0.1) is 6.92 Å². The molecule has 0 aliphatic rings. The molecular formula is C13H13BrN2O2. The number of carbonyl (C=O) groups excluding carboxylic acids is 1. The zero-order chi connectivity index (χ0) is 13.1. The van der Waals surface area contributed by atoms with Crippen LogP contribution in [0.5, 0.6) is 0 Å². The van der Waals surface area contributed by atoms with E-state index in [0.717, 1.165) is 10.0 Å². The summed E-state index contributed by atoms with van der Waals surface area (Å²) in [5, 5.41) is 6.55. The molecular weight excluding hydrogens is 296 g/mol. The minimum atomic E-state index is -0.261. The van der Waals surface area contributed by atoms with E-state index in [0.29, 0.717) is 5.69 Å². The van der Waals surface area contributed by atoms with E-state index in [1.165, 1.54) is 0 Å². The molecule has 1 unspecified atom stereocenters. The molecule has 0 fully saturated rings. The summed E-state index contributed by atoms with van der Waals surface area (Å²) in [4.78, 5) is 11.9. The molecule has 18 heavy (non-hydrogen) atoms. The molecule has 1 aromatic carbocycles. The van der Waals surface area contributed by atoms with Crippen molar-refractivity contribution >= 4 is 21.8 Å². The Bertz CT molecular complexity index is 566. The maximum atomic E-state index is 11.9. The molecule has 2 aromatic rings. The van der Waals surface area contributed by atoms with Crippen LogP contribution in [-0.4, -0.2) is 11.1 Å². The standard InChI is InChI=1S/C13H13BrN2O2/c1-8-6-12(18-16-8)13(17)15-9(2)10-4-3-5-11(14)7-10/h3-7,9H,1-2H3,(H,15,17). The number of hydrogen-bond acceptors (Lipinski definition) is 3. The predicted octanol–water partition coefficient (Wildman–Crippen LogP) is 3.24. The number of aryl methyl sites for hydroxylation is 1. The molecule has 1 atom stereocenters. The Kier molecular flexibility index (Phi) is 3.81. The Morgan fingerprint density at radius 1 is 1.44 bits per heavy atom. The smallest absolute Gasteiger partial charge is 0.290 e. The van der Waals surface area contributed by atoms with Gasteiger partial charge in [0.2, 0.25) is 5.76 Å². The summed E-state index contributed by atoms with van der Waals surface area (Å²) in [6, 6.07) is 9.32. The van der Waals surface area contributed by atoms with Crippen molar-refractivity contribution in [2.24, 2.45) is 0 Å². The molecule has 0 aliphatic carbocycles. The highest BCUT2D eigenvalue weighted by Crippen LogP contribution is 2.18. The van der Waals surface area contributed by atoms with Crippen LogP contribution in [-0.2, 0) is 0 Å². The first-order valence-electron chi connectivity index (χ1n) is 5.56. The number of nitrogens with one attached hydrogen (secondary N) is 1. The van der Waals surface area contributed by atoms with Crippen LogP contribution in [0.15, 0.2) is 39.3 Å². The van der Waals surface area contributed by atoms with Gasteiger partial charge in [0.25, 0.3) is 5.91 Å². The lowest BCUT2D eigenvalue weighted by Crippen LogP contribution is -2.26. The van der Waals surface area contributed by atoms with E-state index < -0.39 is 0 Å². The minimum Gasteiger partial charge on any atom is -0.351 e. The monoisotopic (exact) mass is 308 g/mol. The Labute approximate surface area is 113 Å². The van der Waals surface area contributed by atoms with Gasteiger partial charge in [-0.25, -0.2) is 0 Å². The molecule has 0 radical (unpaired) electrons. The normalized spacial score (nSPS) is 12.2. The summed E-state index contributed by atoms with van der Waals surface area (Å²) >= 11 is 3.40. The highest BCUT2D eigenvalue weighted by Gasteiger charge is 2.15. The van der Waals surface area contributed by atoms with Gasteiger partial charge in [0, 0.05) is 10.5 Å². The fourth-order valence-electron chi connectivity index (χ4n) is 1.60. The summed E-state index contributed by atoms with van der Waals surface area (Å²) < 4.78 is 5.90. The van der Waals surface area contributed by atoms with Gasteiger partial charge >= 0.3 is 0 Å². The second kappa shape index (κ2) is 5.35. The van der Waals surface area contributed by atoms with Crippen molar-refractivity contribution in [3.05, 3.63) is 51.8 Å². The highest BCUT2D eigenvalue weighted by molar-refractivity contribution is 9.10. The number of rotatable bonds is 3. The molecule has 0 saturated carbocycles. The van der Waals surface area contributed by atoms with E-state index in [-0.39, 0.29) is 17.7 Å². The zero-order valence-corrected chi connectivity index (χ0v) is 11.7. The summed E-state index contributed by atoms with van der Waals surface area (Å²) in [6.07, 6.45) is 0. The van der Waals surface area contributed by atoms with Gasteiger partial charge in [-0.2, -0.15) is 0 Å². The Balaban J connectivity index is 2.07. The fraction of sp³-hybridized carbons (Fsp3) is 0.231. The van der Waals surface area contributed by atoms with Crippen molar-refractivity contribution < 1.29 is 9.32 Å². The second-order valence-electron chi connectivity index (χ2n) is 4.08. The topological polar surface area (TPSA) is 55.1 Å². The largest absolute Gasteiger partial charge is 0.351 e. The lowest BCUT2D eigenvalue weighted by Gasteiger charge is -2.13. The third-order valence-corrected chi connectivity index (χ3v) is 3.04. The summed E-state index contributed by atoms with van der Waals surface area (Å²) in [7, 11) is 0. The van der Waals surface area contributed by atoms with Crippen molar-refractivity contribution in [1.29, 1.82) is 0 Å². The molecule has 0 aliphatic heterocycles. The summed E-state index contributed by atoms with van der Waals surface area (Å²) in [5.74, 6) is -0.0302. The van der Waals surface area contributed by atoms with Gasteiger partial charge in [0.1, 0.15) is 0 Å². The van der Waals surface area contributed by atoms with Gasteiger partial charge in [-0.15, -0.1) is 0 Å². The predicted molar refractivity (Wildman–Crippen MR) is 71.3 cm³/mol. The average Bonchev–Trinajstić information content (AvgIpc) is 2.76. The van der Waals surface area contributed by atoms with E-state index in [9.17, 15) is 4.79 Å². The van der Waals surface area contributed by atoms with Gasteiger partial charge in [-0.3, -0.25) is 4.79 Å². The molecule has 1 heterocycles. The van der Waals surface area contributed by atoms with E-state index >= 15 is 0 Å². The van der Waals surface area contributed by atoms with Crippen LogP contribution in [0.25, 0.3) is 0 Å². The number of halogens is 1. The molecule has 1 aromatic heterocycles. The second-order valence-corrected chi connectivity index (χ2v) is 5.00. The molecule has 0 spiro atoms. The lowest BCUT2D eigenvalue weighted by atomic mass is 10.1. The van der Waals surface area contributed by atoms with Gasteiger partial charge in [0.15, 0.2) is 0 Å². The van der Waals surface area contributed by atoms with Crippen LogP contribution in [0.1, 0.15) is 34.8 Å². The molecule has 94 valence electrons. The number of amides is 1. The minimum absolute atomic E-state index is 0.0968. The van der Waals surface area contributed by atoms with E-state index in [4.69, 9.17) is 4.52 Å². The van der Waals surface area contributed by atoms with Gasteiger partial charge in [0.05, 0.1) is 11.7 Å². The lowest BCUT2D eigenvalue weighted by molar-refractivity contribution is 0.0902. The van der Waals surface area contributed by atoms with Crippen LogP contribution >= 0.6 is 15.9 Å². The van der Waals surface area contributed by atoms with E-state index in [2.05, 4.69) is 26.4 Å². The summed E-state index contributed by atoms with van der Waals surface area (Å²) in [6.45, 7) is 3.70. The highest BCUT2D eigenvalue weighted by atomic mass is 79.9. The van der Waals surface area contributed by atoms with Crippen molar-refractivity contribution in [1.82, 2.24) is 10.5 Å². The van der Waals surface area contributed by atoms with Crippen molar-refractivity contribution in [2.45, 2.75) is 19.9 Å². The molecule has 0 bridgehead atoms. The quantitative estimate of drug-likeness (QED) is 0.947. The van der Waals surface area contributed by atoms with Crippen molar-refractivity contribution in [3.8, 4) is 0 Å². The number of aromatic nitrogens is 1. The fourth-order valence-corrected chi connectivity index (χ4v) is 2.01. The molecule has 4 nitrogen and oxygen atoms in total. The van der Waals surface area contributed by atoms with E-state index in [1.54, 1.807) is 13.0 Å². The third-order valence-electron chi connectivity index (χ3n) is 2.55. The van der Waals surface area contributed by atoms with Crippen LogP contribution in [0.3, 0.4) is 0 Å². The number of hydrogen-bond donors (Lipinski definition) is 1. The molecule has 1 N–H and O–H groups in total. The van der Waals surface area contributed by atoms with Crippen molar-refractivity contribution in [3.63, 3.8) is 0 Å². The number of carbonyl (C=O) groups is 1. The summed E-state index contributed by atoms with van der Waals surface area (Å²) in [5.41, 5.74) is 1.71. The maximum Gasteiger partial charge on any atom is 0.290 e. The Hall–Kier alpha value is -1.62. The van der Waals surface area contributed by atoms with E-state index in [1.807, 2.05) is 31.2 Å². The third kappa shape index (κ3) is 2.98. The first-order chi connectivity index (χ1) is 8.56. The Morgan fingerprint density at radius 3 is 2.83 bits per heavy atom. The van der Waals surface area contributed by atoms with Gasteiger partial charge in [-0.1, -0.05) is 33.2 Å². The first-order valence-corrected chi connectivity index (χ1v) is 6.35. The zero-order valence-electron chi connectivity index (χ0n) is 10.1. The van der Waals surface area contributed by atoms with Crippen LogP contribution in [0.4, 0.5) is 0 Å². The van der Waals surface area contributed by atoms with Crippen LogP contribution in [0.2, 0.25) is 0 Å². The Morgan fingerprint density at radius 2 is 2.22 bits per heavy atom. The SMILES string of the molecule is Cc1cc(C(=O)NC(C)c2cccc(Br)c2)on1. The molecule has 0 saturated heterocycles. The van der Waals surface area contributed by atoms with Gasteiger partial charge in [-0.05, 0) is 31.5 Å². The number of benzene rings is 1. The van der Waals surface area contributed by atoms with Crippen LogP contribution < -0.4 is 5.32 Å².